The molecule has 3 aromatic carbocycles. The average molecular weight is 562 g/mol. The van der Waals surface area contributed by atoms with Crippen LogP contribution in [0.4, 0.5) is 9.52 Å². The molecule has 174 valence electrons. The summed E-state index contributed by atoms with van der Waals surface area (Å²) in [6.07, 6.45) is 3.03. The van der Waals surface area contributed by atoms with E-state index in [1.54, 1.807) is 24.3 Å². The monoisotopic (exact) mass is 560 g/mol. The second-order valence-electron chi connectivity index (χ2n) is 7.07. The van der Waals surface area contributed by atoms with Crippen LogP contribution in [0.2, 0.25) is 5.02 Å². The van der Waals surface area contributed by atoms with E-state index >= 15 is 0 Å². The standard InChI is InChI=1S/C25H19BrClFN2O3S/c1-2-32-20-13-15(12-17(26)24(20)33-14-16-6-3-4-7-18(16)27)10-11-22(31)29-25-30-23-19(28)8-5-9-21(23)34-25/h3-13H,2,14H2,1H3,(H,29,30,31)/b11-10+. The number of para-hydroxylation sites is 1. The number of rotatable bonds is 8. The van der Waals surface area contributed by atoms with Gasteiger partial charge in [0.2, 0.25) is 5.91 Å². The zero-order chi connectivity index (χ0) is 24.1. The Morgan fingerprint density at radius 2 is 2.03 bits per heavy atom. The minimum atomic E-state index is -0.421. The normalized spacial score (nSPS) is 11.2. The van der Waals surface area contributed by atoms with Gasteiger partial charge in [0.25, 0.3) is 0 Å². The van der Waals surface area contributed by atoms with Gasteiger partial charge < -0.3 is 9.47 Å². The first-order valence-electron chi connectivity index (χ1n) is 10.3. The highest BCUT2D eigenvalue weighted by molar-refractivity contribution is 9.10. The summed E-state index contributed by atoms with van der Waals surface area (Å²) in [6, 6.07) is 15.8. The molecule has 34 heavy (non-hydrogen) atoms. The van der Waals surface area contributed by atoms with E-state index in [1.807, 2.05) is 37.3 Å². The molecule has 0 unspecified atom stereocenters. The van der Waals surface area contributed by atoms with Gasteiger partial charge in [-0.1, -0.05) is 47.2 Å². The zero-order valence-corrected chi connectivity index (χ0v) is 21.1. The first kappa shape index (κ1) is 24.2. The molecule has 4 aromatic rings. The minimum absolute atomic E-state index is 0.240. The van der Waals surface area contributed by atoms with E-state index in [0.29, 0.717) is 37.4 Å². The first-order valence-corrected chi connectivity index (χ1v) is 12.3. The molecule has 1 aromatic heterocycles. The molecule has 0 fully saturated rings. The Balaban J connectivity index is 1.49. The fourth-order valence-corrected chi connectivity index (χ4v) is 4.79. The fraction of sp³-hybridized carbons (Fsp3) is 0.120. The molecule has 0 aliphatic rings. The van der Waals surface area contributed by atoms with Crippen molar-refractivity contribution in [2.75, 3.05) is 11.9 Å². The van der Waals surface area contributed by atoms with Crippen LogP contribution >= 0.6 is 38.9 Å². The van der Waals surface area contributed by atoms with Crippen molar-refractivity contribution in [2.24, 2.45) is 0 Å². The van der Waals surface area contributed by atoms with Crippen LogP contribution in [0.25, 0.3) is 16.3 Å². The number of thiazole rings is 1. The zero-order valence-electron chi connectivity index (χ0n) is 18.0. The smallest absolute Gasteiger partial charge is 0.250 e. The van der Waals surface area contributed by atoms with Gasteiger partial charge in [-0.15, -0.1) is 0 Å². The lowest BCUT2D eigenvalue weighted by Gasteiger charge is -2.15. The highest BCUT2D eigenvalue weighted by Gasteiger charge is 2.13. The molecular weight excluding hydrogens is 543 g/mol. The number of anilines is 1. The largest absolute Gasteiger partial charge is 0.490 e. The second kappa shape index (κ2) is 11.0. The Hall–Kier alpha value is -2.94. The molecule has 1 amide bonds. The van der Waals surface area contributed by atoms with Crippen molar-refractivity contribution in [3.63, 3.8) is 0 Å². The van der Waals surface area contributed by atoms with Crippen molar-refractivity contribution in [3.8, 4) is 11.5 Å². The molecule has 0 aliphatic carbocycles. The van der Waals surface area contributed by atoms with Crippen LogP contribution in [-0.4, -0.2) is 17.5 Å². The van der Waals surface area contributed by atoms with Crippen LogP contribution in [0.15, 0.2) is 65.1 Å². The van der Waals surface area contributed by atoms with Crippen LogP contribution in [0.5, 0.6) is 11.5 Å². The molecule has 9 heteroatoms. The minimum Gasteiger partial charge on any atom is -0.490 e. The van der Waals surface area contributed by atoms with E-state index in [9.17, 15) is 9.18 Å². The van der Waals surface area contributed by atoms with Gasteiger partial charge in [0.05, 0.1) is 15.8 Å². The number of benzene rings is 3. The van der Waals surface area contributed by atoms with Crippen molar-refractivity contribution in [1.82, 2.24) is 4.98 Å². The molecule has 0 saturated heterocycles. The molecule has 4 rings (SSSR count). The maximum atomic E-state index is 13.8. The molecule has 0 radical (unpaired) electrons. The summed E-state index contributed by atoms with van der Waals surface area (Å²) in [4.78, 5) is 16.5. The van der Waals surface area contributed by atoms with Gasteiger partial charge in [0, 0.05) is 16.7 Å². The number of amides is 1. The summed E-state index contributed by atoms with van der Waals surface area (Å²) in [5, 5.41) is 3.62. The molecule has 0 aliphatic heterocycles. The molecule has 0 bridgehead atoms. The molecule has 5 nitrogen and oxygen atoms in total. The van der Waals surface area contributed by atoms with Crippen LogP contribution in [0.1, 0.15) is 18.1 Å². The third-order valence-electron chi connectivity index (χ3n) is 4.69. The van der Waals surface area contributed by atoms with Gasteiger partial charge in [-0.2, -0.15) is 0 Å². The van der Waals surface area contributed by atoms with Crippen LogP contribution in [0.3, 0.4) is 0 Å². The van der Waals surface area contributed by atoms with E-state index in [-0.39, 0.29) is 18.0 Å². The second-order valence-corrected chi connectivity index (χ2v) is 9.36. The SMILES string of the molecule is CCOc1cc(/C=C/C(=O)Nc2nc3c(F)cccc3s2)cc(Br)c1OCc1ccccc1Cl. The van der Waals surface area contributed by atoms with E-state index < -0.39 is 5.82 Å². The third kappa shape index (κ3) is 5.75. The molecule has 1 heterocycles. The Kier molecular flexibility index (Phi) is 7.82. The van der Waals surface area contributed by atoms with Crippen molar-refractivity contribution in [1.29, 1.82) is 0 Å². The number of hydrogen-bond donors (Lipinski definition) is 1. The van der Waals surface area contributed by atoms with E-state index in [1.165, 1.54) is 23.5 Å². The highest BCUT2D eigenvalue weighted by atomic mass is 79.9. The summed E-state index contributed by atoms with van der Waals surface area (Å²) < 4.78 is 26.9. The summed E-state index contributed by atoms with van der Waals surface area (Å²) in [6.45, 7) is 2.60. The Morgan fingerprint density at radius 3 is 2.79 bits per heavy atom. The molecule has 0 spiro atoms. The maximum absolute atomic E-state index is 13.8. The quantitative estimate of drug-likeness (QED) is 0.227. The van der Waals surface area contributed by atoms with Gasteiger partial charge in [-0.05, 0) is 64.8 Å². The van der Waals surface area contributed by atoms with Gasteiger partial charge in [0.15, 0.2) is 16.6 Å². The van der Waals surface area contributed by atoms with E-state index in [4.69, 9.17) is 21.1 Å². The number of carbonyl (C=O) groups is 1. The van der Waals surface area contributed by atoms with Crippen molar-refractivity contribution in [3.05, 3.63) is 87.1 Å². The van der Waals surface area contributed by atoms with E-state index in [2.05, 4.69) is 26.2 Å². The first-order chi connectivity index (χ1) is 16.4. The van der Waals surface area contributed by atoms with Crippen LogP contribution in [0, 0.1) is 5.82 Å². The maximum Gasteiger partial charge on any atom is 0.250 e. The number of fused-ring (bicyclic) bond motifs is 1. The highest BCUT2D eigenvalue weighted by Crippen LogP contribution is 2.38. The predicted molar refractivity (Wildman–Crippen MR) is 138 cm³/mol. The van der Waals surface area contributed by atoms with Gasteiger partial charge >= 0.3 is 0 Å². The number of nitrogens with zero attached hydrogens (tertiary/aromatic N) is 1. The van der Waals surface area contributed by atoms with Crippen molar-refractivity contribution >= 4 is 66.2 Å². The Morgan fingerprint density at radius 1 is 1.21 bits per heavy atom. The lowest BCUT2D eigenvalue weighted by molar-refractivity contribution is -0.111. The number of ether oxygens (including phenoxy) is 2. The van der Waals surface area contributed by atoms with Crippen molar-refractivity contribution < 1.29 is 18.7 Å². The fourth-order valence-electron chi connectivity index (χ4n) is 3.14. The van der Waals surface area contributed by atoms with Gasteiger partial charge in [-0.25, -0.2) is 9.37 Å². The number of nitrogens with one attached hydrogen (secondary N) is 1. The topological polar surface area (TPSA) is 60.5 Å². The Labute approximate surface area is 213 Å². The number of aromatic nitrogens is 1. The summed E-state index contributed by atoms with van der Waals surface area (Å²) in [5.74, 6) is 0.271. The molecule has 1 N–H and O–H groups in total. The van der Waals surface area contributed by atoms with Crippen molar-refractivity contribution in [2.45, 2.75) is 13.5 Å². The third-order valence-corrected chi connectivity index (χ3v) is 6.58. The van der Waals surface area contributed by atoms with Crippen LogP contribution < -0.4 is 14.8 Å². The summed E-state index contributed by atoms with van der Waals surface area (Å²) in [5.41, 5.74) is 1.82. The van der Waals surface area contributed by atoms with Crippen LogP contribution in [-0.2, 0) is 11.4 Å². The predicted octanol–water partition coefficient (Wildman–Crippen LogP) is 7.48. The lowest BCUT2D eigenvalue weighted by Crippen LogP contribution is -2.07. The Bertz CT molecular complexity index is 1380. The number of carbonyl (C=O) groups excluding carboxylic acids is 1. The summed E-state index contributed by atoms with van der Waals surface area (Å²) >= 11 is 11.0. The number of hydrogen-bond acceptors (Lipinski definition) is 5. The average Bonchev–Trinajstić information content (AvgIpc) is 3.22. The van der Waals surface area contributed by atoms with Gasteiger partial charge in [0.1, 0.15) is 17.9 Å². The summed E-state index contributed by atoms with van der Waals surface area (Å²) in [7, 11) is 0. The van der Waals surface area contributed by atoms with Gasteiger partial charge in [-0.3, -0.25) is 10.1 Å². The molecule has 0 atom stereocenters. The molecule has 0 saturated carbocycles. The lowest BCUT2D eigenvalue weighted by atomic mass is 10.2. The molecular formula is C25H19BrClFN2O3S. The number of halogens is 3. The van der Waals surface area contributed by atoms with E-state index in [0.717, 1.165) is 11.1 Å².